The summed E-state index contributed by atoms with van der Waals surface area (Å²) in [6.07, 6.45) is 3.05. The van der Waals surface area contributed by atoms with Crippen LogP contribution in [0.2, 0.25) is 0 Å². The van der Waals surface area contributed by atoms with E-state index in [1.165, 1.54) is 24.4 Å². The molecule has 0 radical (unpaired) electrons. The van der Waals surface area contributed by atoms with Crippen molar-refractivity contribution in [2.45, 2.75) is 56.8 Å². The van der Waals surface area contributed by atoms with Gasteiger partial charge in [-0.05, 0) is 18.9 Å². The Labute approximate surface area is 194 Å². The van der Waals surface area contributed by atoms with E-state index in [-0.39, 0.29) is 35.2 Å². The number of rotatable bonds is 11. The summed E-state index contributed by atoms with van der Waals surface area (Å²) in [4.78, 5) is 18.6. The minimum Gasteiger partial charge on any atom is -0.383 e. The van der Waals surface area contributed by atoms with Crippen molar-refractivity contribution in [3.8, 4) is 0 Å². The van der Waals surface area contributed by atoms with Crippen molar-refractivity contribution in [1.82, 2.24) is 14.5 Å². The SMILES string of the molecule is COCCN(Cc1cnc(S(=O)(=O)Cc2ccccc2F)n1C[C@H]1CCCO1)C(=O)C(C)C. The lowest BCUT2D eigenvalue weighted by atomic mass is 10.2. The molecule has 10 heteroatoms. The molecule has 0 saturated carbocycles. The van der Waals surface area contributed by atoms with E-state index in [4.69, 9.17) is 9.47 Å². The van der Waals surface area contributed by atoms with Crippen LogP contribution in [0.3, 0.4) is 0 Å². The smallest absolute Gasteiger partial charge is 0.228 e. The summed E-state index contributed by atoms with van der Waals surface area (Å²) in [5.74, 6) is -1.36. The third-order valence-electron chi connectivity index (χ3n) is 5.62. The summed E-state index contributed by atoms with van der Waals surface area (Å²) < 4.78 is 53.2. The second-order valence-corrected chi connectivity index (χ2v) is 10.4. The Hall–Kier alpha value is -2.30. The fraction of sp³-hybridized carbons (Fsp3) is 0.565. The molecule has 182 valence electrons. The molecule has 2 heterocycles. The van der Waals surface area contributed by atoms with Gasteiger partial charge in [0.1, 0.15) is 5.82 Å². The third-order valence-corrected chi connectivity index (χ3v) is 7.19. The number of sulfone groups is 1. The molecule has 33 heavy (non-hydrogen) atoms. The van der Waals surface area contributed by atoms with Crippen molar-refractivity contribution >= 4 is 15.7 Å². The molecule has 1 aliphatic heterocycles. The van der Waals surface area contributed by atoms with E-state index < -0.39 is 21.4 Å². The minimum atomic E-state index is -3.95. The van der Waals surface area contributed by atoms with Crippen LogP contribution in [0, 0.1) is 11.7 Å². The highest BCUT2D eigenvalue weighted by Gasteiger charge is 2.29. The number of carbonyl (C=O) groups is 1. The number of nitrogens with zero attached hydrogens (tertiary/aromatic N) is 3. The summed E-state index contributed by atoms with van der Waals surface area (Å²) >= 11 is 0. The van der Waals surface area contributed by atoms with Crippen molar-refractivity contribution in [3.63, 3.8) is 0 Å². The fourth-order valence-electron chi connectivity index (χ4n) is 3.87. The molecule has 1 amide bonds. The fourth-order valence-corrected chi connectivity index (χ4v) is 5.38. The van der Waals surface area contributed by atoms with Crippen molar-refractivity contribution in [2.75, 3.05) is 26.9 Å². The molecule has 0 aliphatic carbocycles. The van der Waals surface area contributed by atoms with Crippen LogP contribution in [0.4, 0.5) is 4.39 Å². The Morgan fingerprint density at radius 2 is 2.12 bits per heavy atom. The Morgan fingerprint density at radius 1 is 1.36 bits per heavy atom. The summed E-state index contributed by atoms with van der Waals surface area (Å²) in [7, 11) is -2.39. The Morgan fingerprint density at radius 3 is 2.76 bits per heavy atom. The maximum Gasteiger partial charge on any atom is 0.228 e. The second kappa shape index (κ2) is 11.2. The zero-order chi connectivity index (χ0) is 24.0. The van der Waals surface area contributed by atoms with Crippen LogP contribution in [0.1, 0.15) is 37.9 Å². The van der Waals surface area contributed by atoms with Crippen molar-refractivity contribution < 1.29 is 27.1 Å². The molecule has 1 fully saturated rings. The van der Waals surface area contributed by atoms with Crippen molar-refractivity contribution in [2.24, 2.45) is 5.92 Å². The van der Waals surface area contributed by atoms with Crippen molar-refractivity contribution in [1.29, 1.82) is 0 Å². The highest BCUT2D eigenvalue weighted by Crippen LogP contribution is 2.23. The largest absolute Gasteiger partial charge is 0.383 e. The van der Waals surface area contributed by atoms with E-state index in [9.17, 15) is 17.6 Å². The van der Waals surface area contributed by atoms with E-state index >= 15 is 0 Å². The van der Waals surface area contributed by atoms with Crippen LogP contribution < -0.4 is 0 Å². The van der Waals surface area contributed by atoms with Gasteiger partial charge in [-0.2, -0.15) is 0 Å². The van der Waals surface area contributed by atoms with E-state index in [0.717, 1.165) is 12.8 Å². The highest BCUT2D eigenvalue weighted by molar-refractivity contribution is 7.90. The number of hydrogen-bond donors (Lipinski definition) is 0. The van der Waals surface area contributed by atoms with Crippen LogP contribution in [0.15, 0.2) is 35.6 Å². The first-order valence-corrected chi connectivity index (χ1v) is 12.8. The van der Waals surface area contributed by atoms with Gasteiger partial charge < -0.3 is 18.9 Å². The molecule has 1 aliphatic rings. The molecule has 1 atom stereocenters. The van der Waals surface area contributed by atoms with Gasteiger partial charge in [0.15, 0.2) is 0 Å². The first kappa shape index (κ1) is 25.3. The average Bonchev–Trinajstić information content (AvgIpc) is 3.43. The van der Waals surface area contributed by atoms with Gasteiger partial charge in [-0.25, -0.2) is 17.8 Å². The summed E-state index contributed by atoms with van der Waals surface area (Å²) in [6.45, 7) is 5.47. The van der Waals surface area contributed by atoms with Crippen LogP contribution in [0.5, 0.6) is 0 Å². The molecular formula is C23H32FN3O5S. The van der Waals surface area contributed by atoms with Gasteiger partial charge in [-0.15, -0.1) is 0 Å². The standard InChI is InChI=1S/C23H32FN3O5S/c1-17(2)22(28)26(10-12-31-3)14-19-13-25-23(27(19)15-20-8-6-11-32-20)33(29,30)16-18-7-4-5-9-21(18)24/h4-5,7,9,13,17,20H,6,8,10-12,14-16H2,1-3H3/t20-/m1/s1. The molecule has 3 rings (SSSR count). The molecule has 0 spiro atoms. The minimum absolute atomic E-state index is 0.0623. The summed E-state index contributed by atoms with van der Waals surface area (Å²) in [5.41, 5.74) is 0.671. The predicted octanol–water partition coefficient (Wildman–Crippen LogP) is 2.81. The first-order valence-electron chi connectivity index (χ1n) is 11.1. The topological polar surface area (TPSA) is 90.7 Å². The number of aromatic nitrogens is 2. The molecule has 1 aromatic heterocycles. The van der Waals surface area contributed by atoms with Crippen molar-refractivity contribution in [3.05, 3.63) is 47.5 Å². The van der Waals surface area contributed by atoms with Gasteiger partial charge in [-0.3, -0.25) is 4.79 Å². The first-order chi connectivity index (χ1) is 15.7. The molecule has 1 aromatic carbocycles. The van der Waals surface area contributed by atoms with Crippen LogP contribution >= 0.6 is 0 Å². The molecule has 2 aromatic rings. The number of carbonyl (C=O) groups excluding carboxylic acids is 1. The number of ether oxygens (including phenoxy) is 2. The number of benzene rings is 1. The van der Waals surface area contributed by atoms with E-state index in [2.05, 4.69) is 4.98 Å². The molecule has 8 nitrogen and oxygen atoms in total. The number of hydrogen-bond acceptors (Lipinski definition) is 6. The van der Waals surface area contributed by atoms with Gasteiger partial charge in [0.05, 0.1) is 43.4 Å². The maximum absolute atomic E-state index is 14.2. The predicted molar refractivity (Wildman–Crippen MR) is 121 cm³/mol. The average molecular weight is 482 g/mol. The van der Waals surface area contributed by atoms with Gasteiger partial charge >= 0.3 is 0 Å². The summed E-state index contributed by atoms with van der Waals surface area (Å²) in [6, 6.07) is 5.81. The Kier molecular flexibility index (Phi) is 8.61. The van der Waals surface area contributed by atoms with Gasteiger partial charge in [-0.1, -0.05) is 32.0 Å². The third kappa shape index (κ3) is 6.39. The number of methoxy groups -OCH3 is 1. The van der Waals surface area contributed by atoms with E-state index in [1.54, 1.807) is 22.6 Å². The Balaban J connectivity index is 1.95. The number of imidazole rings is 1. The lowest BCUT2D eigenvalue weighted by Gasteiger charge is -2.25. The van der Waals surface area contributed by atoms with Crippen LogP contribution in [0.25, 0.3) is 0 Å². The monoisotopic (exact) mass is 481 g/mol. The van der Waals surface area contributed by atoms with Crippen LogP contribution in [-0.2, 0) is 42.9 Å². The second-order valence-electron chi connectivity index (χ2n) is 8.54. The molecule has 0 bridgehead atoms. The molecule has 0 unspecified atom stereocenters. The lowest BCUT2D eigenvalue weighted by molar-refractivity contribution is -0.135. The van der Waals surface area contributed by atoms with Gasteiger partial charge in [0.25, 0.3) is 0 Å². The van der Waals surface area contributed by atoms with Gasteiger partial charge in [0.2, 0.25) is 20.9 Å². The lowest BCUT2D eigenvalue weighted by Crippen LogP contribution is -2.37. The van der Waals surface area contributed by atoms with E-state index in [0.29, 0.717) is 32.0 Å². The highest BCUT2D eigenvalue weighted by atomic mass is 32.2. The molecule has 0 N–H and O–H groups in total. The number of halogens is 1. The quantitative estimate of drug-likeness (QED) is 0.490. The zero-order valence-corrected chi connectivity index (χ0v) is 20.2. The molecule has 1 saturated heterocycles. The van der Waals surface area contributed by atoms with Gasteiger partial charge in [0, 0.05) is 31.7 Å². The normalized spacial score (nSPS) is 16.5. The van der Waals surface area contributed by atoms with Crippen LogP contribution in [-0.4, -0.2) is 61.7 Å². The summed E-state index contributed by atoms with van der Waals surface area (Å²) in [5, 5.41) is -0.139. The zero-order valence-electron chi connectivity index (χ0n) is 19.4. The molecular weight excluding hydrogens is 449 g/mol. The maximum atomic E-state index is 14.2. The Bertz CT molecular complexity index is 1050. The number of amides is 1. The van der Waals surface area contributed by atoms with E-state index in [1.807, 2.05) is 13.8 Å².